The summed E-state index contributed by atoms with van der Waals surface area (Å²) in [6, 6.07) is 6.28. The predicted octanol–water partition coefficient (Wildman–Crippen LogP) is 2.23. The maximum Gasteiger partial charge on any atom is 0.138 e. The summed E-state index contributed by atoms with van der Waals surface area (Å²) >= 11 is 4.77. The van der Waals surface area contributed by atoms with Gasteiger partial charge in [-0.1, -0.05) is 18.3 Å². The number of fused-ring (bicyclic) bond motifs is 1. The molecule has 1 aliphatic carbocycles. The molecule has 0 amide bonds. The highest BCUT2D eigenvalue weighted by molar-refractivity contribution is 7.80. The van der Waals surface area contributed by atoms with Crippen molar-refractivity contribution in [2.45, 2.75) is 25.7 Å². The topological polar surface area (TPSA) is 35.2 Å². The summed E-state index contributed by atoms with van der Waals surface area (Å²) in [6.45, 7) is 0.328. The molecule has 0 unspecified atom stereocenters. The van der Waals surface area contributed by atoms with Crippen LogP contribution in [-0.4, -0.2) is 11.6 Å². The van der Waals surface area contributed by atoms with Crippen LogP contribution in [0.15, 0.2) is 18.2 Å². The van der Waals surface area contributed by atoms with Crippen molar-refractivity contribution in [2.24, 2.45) is 5.73 Å². The lowest BCUT2D eigenvalue weighted by atomic mass is 9.92. The Morgan fingerprint density at radius 1 is 1.27 bits per heavy atom. The number of hydrogen-bond donors (Lipinski definition) is 1. The first-order valence-electron chi connectivity index (χ1n) is 5.28. The fourth-order valence-corrected chi connectivity index (χ4v) is 2.01. The van der Waals surface area contributed by atoms with Gasteiger partial charge in [-0.05, 0) is 48.9 Å². The van der Waals surface area contributed by atoms with Gasteiger partial charge in [0.2, 0.25) is 0 Å². The first-order valence-corrected chi connectivity index (χ1v) is 5.69. The average Bonchev–Trinajstić information content (AvgIpc) is 2.26. The Labute approximate surface area is 95.4 Å². The molecule has 1 aromatic carbocycles. The van der Waals surface area contributed by atoms with Crippen LogP contribution in [0.4, 0.5) is 0 Å². The molecule has 0 aromatic heterocycles. The molecule has 0 heterocycles. The number of hydrogen-bond acceptors (Lipinski definition) is 2. The van der Waals surface area contributed by atoms with Gasteiger partial charge >= 0.3 is 0 Å². The van der Waals surface area contributed by atoms with Crippen LogP contribution >= 0.6 is 12.2 Å². The van der Waals surface area contributed by atoms with Gasteiger partial charge in [-0.15, -0.1) is 0 Å². The van der Waals surface area contributed by atoms with E-state index in [-0.39, 0.29) is 0 Å². The average molecular weight is 221 g/mol. The zero-order valence-electron chi connectivity index (χ0n) is 8.66. The molecule has 0 radical (unpaired) electrons. The van der Waals surface area contributed by atoms with E-state index in [4.69, 9.17) is 22.7 Å². The molecule has 15 heavy (non-hydrogen) atoms. The van der Waals surface area contributed by atoms with E-state index in [1.54, 1.807) is 0 Å². The van der Waals surface area contributed by atoms with Crippen molar-refractivity contribution >= 4 is 17.2 Å². The maximum atomic E-state index is 5.47. The first-order chi connectivity index (χ1) is 7.25. The van der Waals surface area contributed by atoms with Crippen molar-refractivity contribution < 1.29 is 4.74 Å². The summed E-state index contributed by atoms with van der Waals surface area (Å²) in [5.41, 5.74) is 8.26. The highest BCUT2D eigenvalue weighted by Gasteiger charge is 2.09. The number of rotatable bonds is 3. The number of thiocarbonyl (C=S) groups is 1. The molecule has 80 valence electrons. The van der Waals surface area contributed by atoms with Crippen molar-refractivity contribution in [1.82, 2.24) is 0 Å². The van der Waals surface area contributed by atoms with Crippen LogP contribution in [0.5, 0.6) is 5.75 Å². The Balaban J connectivity index is 2.10. The van der Waals surface area contributed by atoms with Crippen LogP contribution in [0.2, 0.25) is 0 Å². The lowest BCUT2D eigenvalue weighted by molar-refractivity contribution is 0.376. The van der Waals surface area contributed by atoms with E-state index in [1.807, 2.05) is 6.07 Å². The Hall–Kier alpha value is -1.09. The highest BCUT2D eigenvalue weighted by atomic mass is 32.1. The van der Waals surface area contributed by atoms with Gasteiger partial charge in [0.1, 0.15) is 17.3 Å². The monoisotopic (exact) mass is 221 g/mol. The Bertz CT molecular complexity index is 376. The molecule has 0 saturated carbocycles. The minimum absolute atomic E-state index is 0.328. The van der Waals surface area contributed by atoms with Crippen LogP contribution in [0.25, 0.3) is 0 Å². The zero-order valence-corrected chi connectivity index (χ0v) is 9.48. The van der Waals surface area contributed by atoms with Crippen LogP contribution in [0, 0.1) is 0 Å². The minimum atomic E-state index is 0.328. The molecule has 0 fully saturated rings. The van der Waals surface area contributed by atoms with Gasteiger partial charge in [-0.2, -0.15) is 0 Å². The second-order valence-electron chi connectivity index (χ2n) is 3.89. The second kappa shape index (κ2) is 4.62. The number of nitrogens with two attached hydrogens (primary N) is 1. The summed E-state index contributed by atoms with van der Waals surface area (Å²) in [7, 11) is 0. The van der Waals surface area contributed by atoms with E-state index in [0.29, 0.717) is 11.6 Å². The van der Waals surface area contributed by atoms with Crippen LogP contribution < -0.4 is 10.5 Å². The standard InChI is InChI=1S/C12H15NOS/c13-12(15)8-14-11-6-5-9-3-1-2-4-10(9)7-11/h5-7H,1-4,8H2,(H2,13,15). The Morgan fingerprint density at radius 3 is 2.73 bits per heavy atom. The summed E-state index contributed by atoms with van der Waals surface area (Å²) in [4.78, 5) is 0.396. The largest absolute Gasteiger partial charge is 0.486 e. The van der Waals surface area contributed by atoms with Gasteiger partial charge in [-0.25, -0.2) is 0 Å². The molecule has 0 aliphatic heterocycles. The van der Waals surface area contributed by atoms with E-state index in [9.17, 15) is 0 Å². The molecule has 0 saturated heterocycles. The van der Waals surface area contributed by atoms with Crippen molar-refractivity contribution in [1.29, 1.82) is 0 Å². The van der Waals surface area contributed by atoms with Gasteiger partial charge in [0, 0.05) is 0 Å². The molecule has 1 aromatic rings. The number of aryl methyl sites for hydroxylation is 2. The van der Waals surface area contributed by atoms with Gasteiger partial charge in [0.15, 0.2) is 0 Å². The van der Waals surface area contributed by atoms with E-state index >= 15 is 0 Å². The lowest BCUT2D eigenvalue weighted by Crippen LogP contribution is -2.18. The summed E-state index contributed by atoms with van der Waals surface area (Å²) in [5, 5.41) is 0. The quantitative estimate of drug-likeness (QED) is 0.795. The molecule has 2 nitrogen and oxygen atoms in total. The summed E-state index contributed by atoms with van der Waals surface area (Å²) in [5.74, 6) is 0.878. The fraction of sp³-hybridized carbons (Fsp3) is 0.417. The lowest BCUT2D eigenvalue weighted by Gasteiger charge is -2.16. The summed E-state index contributed by atoms with van der Waals surface area (Å²) in [6.07, 6.45) is 4.95. The molecule has 2 N–H and O–H groups in total. The molecule has 3 heteroatoms. The predicted molar refractivity (Wildman–Crippen MR) is 65.4 cm³/mol. The Kier molecular flexibility index (Phi) is 3.21. The third-order valence-corrected chi connectivity index (χ3v) is 2.82. The zero-order chi connectivity index (χ0) is 10.7. The normalized spacial score (nSPS) is 14.4. The molecule has 0 bridgehead atoms. The van der Waals surface area contributed by atoms with Crippen molar-refractivity contribution in [3.8, 4) is 5.75 Å². The van der Waals surface area contributed by atoms with Gasteiger partial charge in [-0.3, -0.25) is 0 Å². The third-order valence-electron chi connectivity index (χ3n) is 2.70. The molecular formula is C12H15NOS. The van der Waals surface area contributed by atoms with Gasteiger partial charge in [0.05, 0.1) is 0 Å². The molecule has 0 spiro atoms. The molecule has 0 atom stereocenters. The summed E-state index contributed by atoms with van der Waals surface area (Å²) < 4.78 is 5.47. The van der Waals surface area contributed by atoms with Crippen LogP contribution in [0.1, 0.15) is 24.0 Å². The van der Waals surface area contributed by atoms with Gasteiger partial charge in [0.25, 0.3) is 0 Å². The smallest absolute Gasteiger partial charge is 0.138 e. The minimum Gasteiger partial charge on any atom is -0.486 e. The SMILES string of the molecule is NC(=S)COc1ccc2c(c1)CCCC2. The second-order valence-corrected chi connectivity index (χ2v) is 4.42. The van der Waals surface area contributed by atoms with Crippen molar-refractivity contribution in [3.05, 3.63) is 29.3 Å². The van der Waals surface area contributed by atoms with Crippen LogP contribution in [-0.2, 0) is 12.8 Å². The van der Waals surface area contributed by atoms with E-state index in [1.165, 1.54) is 36.8 Å². The van der Waals surface area contributed by atoms with Gasteiger partial charge < -0.3 is 10.5 Å². The van der Waals surface area contributed by atoms with E-state index in [2.05, 4.69) is 12.1 Å². The van der Waals surface area contributed by atoms with E-state index < -0.39 is 0 Å². The van der Waals surface area contributed by atoms with E-state index in [0.717, 1.165) is 5.75 Å². The third kappa shape index (κ3) is 2.69. The molecule has 2 rings (SSSR count). The van der Waals surface area contributed by atoms with Crippen LogP contribution in [0.3, 0.4) is 0 Å². The number of ether oxygens (including phenoxy) is 1. The first kappa shape index (κ1) is 10.4. The fourth-order valence-electron chi connectivity index (χ4n) is 1.95. The van der Waals surface area contributed by atoms with Crippen molar-refractivity contribution in [2.75, 3.05) is 6.61 Å². The maximum absolute atomic E-state index is 5.47. The van der Waals surface area contributed by atoms with Crippen molar-refractivity contribution in [3.63, 3.8) is 0 Å². The Morgan fingerprint density at radius 2 is 2.00 bits per heavy atom. The molecular weight excluding hydrogens is 206 g/mol. The number of benzene rings is 1. The molecule has 1 aliphatic rings. The highest BCUT2D eigenvalue weighted by Crippen LogP contribution is 2.25.